The number of benzene rings is 2. The van der Waals surface area contributed by atoms with Gasteiger partial charge < -0.3 is 14.4 Å². The van der Waals surface area contributed by atoms with Gasteiger partial charge in [-0.05, 0) is 11.6 Å². The highest BCUT2D eigenvalue weighted by Gasteiger charge is 2.26. The molecule has 144 valence electrons. The Morgan fingerprint density at radius 3 is 2.44 bits per heavy atom. The number of piperazine rings is 1. The van der Waals surface area contributed by atoms with E-state index in [4.69, 9.17) is 32.7 Å². The van der Waals surface area contributed by atoms with E-state index in [2.05, 4.69) is 34.1 Å². The van der Waals surface area contributed by atoms with E-state index in [0.717, 1.165) is 49.9 Å². The van der Waals surface area contributed by atoms with Crippen LogP contribution in [-0.4, -0.2) is 56.7 Å². The average Bonchev–Trinajstić information content (AvgIpc) is 2.72. The third kappa shape index (κ3) is 4.29. The van der Waals surface area contributed by atoms with Gasteiger partial charge in [0.1, 0.15) is 13.2 Å². The van der Waals surface area contributed by atoms with Crippen molar-refractivity contribution in [2.45, 2.75) is 5.92 Å². The van der Waals surface area contributed by atoms with E-state index in [0.29, 0.717) is 30.0 Å². The molecule has 0 amide bonds. The van der Waals surface area contributed by atoms with E-state index in [-0.39, 0.29) is 0 Å². The summed E-state index contributed by atoms with van der Waals surface area (Å²) in [6.45, 7) is 5.97. The quantitative estimate of drug-likeness (QED) is 0.692. The fourth-order valence-corrected chi connectivity index (χ4v) is 4.27. The number of halogens is 2. The first kappa shape index (κ1) is 18.7. The highest BCUT2D eigenvalue weighted by Crippen LogP contribution is 2.42. The number of rotatable bonds is 5. The molecular formula is C21H24Cl2N2O2. The largest absolute Gasteiger partial charge is 0.486 e. The van der Waals surface area contributed by atoms with Gasteiger partial charge in [0.05, 0.1) is 5.69 Å². The van der Waals surface area contributed by atoms with Gasteiger partial charge in [-0.3, -0.25) is 4.90 Å². The van der Waals surface area contributed by atoms with Gasteiger partial charge in [-0.1, -0.05) is 41.9 Å². The van der Waals surface area contributed by atoms with Gasteiger partial charge in [0, 0.05) is 55.6 Å². The zero-order valence-corrected chi connectivity index (χ0v) is 16.8. The fourth-order valence-electron chi connectivity index (χ4n) is 3.79. The Labute approximate surface area is 170 Å². The van der Waals surface area contributed by atoms with Crippen molar-refractivity contribution in [3.05, 3.63) is 53.1 Å². The molecule has 2 aromatic carbocycles. The molecule has 4 nitrogen and oxygen atoms in total. The Balaban J connectivity index is 1.41. The summed E-state index contributed by atoms with van der Waals surface area (Å²) in [6, 6.07) is 14.4. The summed E-state index contributed by atoms with van der Waals surface area (Å²) in [5.74, 6) is 2.56. The molecule has 0 spiro atoms. The van der Waals surface area contributed by atoms with Gasteiger partial charge in [0.25, 0.3) is 0 Å². The molecule has 27 heavy (non-hydrogen) atoms. The van der Waals surface area contributed by atoms with Crippen LogP contribution >= 0.6 is 23.2 Å². The highest BCUT2D eigenvalue weighted by atomic mass is 35.5. The summed E-state index contributed by atoms with van der Waals surface area (Å²) in [7, 11) is 0. The van der Waals surface area contributed by atoms with Crippen LogP contribution in [-0.2, 0) is 0 Å². The van der Waals surface area contributed by atoms with Crippen LogP contribution in [0.2, 0.25) is 5.02 Å². The molecule has 1 saturated heterocycles. The second kappa shape index (κ2) is 8.59. The minimum absolute atomic E-state index is 0.357. The lowest BCUT2D eigenvalue weighted by molar-refractivity contribution is 0.171. The maximum absolute atomic E-state index is 6.30. The summed E-state index contributed by atoms with van der Waals surface area (Å²) in [6.07, 6.45) is 0. The van der Waals surface area contributed by atoms with Crippen LogP contribution in [0.3, 0.4) is 0 Å². The number of hydrogen-bond donors (Lipinski definition) is 0. The lowest BCUT2D eigenvalue weighted by Gasteiger charge is -2.38. The summed E-state index contributed by atoms with van der Waals surface area (Å²) in [5.41, 5.74) is 2.35. The van der Waals surface area contributed by atoms with Crippen LogP contribution < -0.4 is 14.4 Å². The van der Waals surface area contributed by atoms with E-state index in [1.807, 2.05) is 18.2 Å². The van der Waals surface area contributed by atoms with Crippen LogP contribution in [0.15, 0.2) is 42.5 Å². The van der Waals surface area contributed by atoms with E-state index in [1.54, 1.807) is 0 Å². The average molecular weight is 407 g/mol. The van der Waals surface area contributed by atoms with Crippen molar-refractivity contribution in [2.75, 3.05) is 56.7 Å². The minimum atomic E-state index is 0.357. The zero-order valence-electron chi connectivity index (χ0n) is 15.2. The van der Waals surface area contributed by atoms with Gasteiger partial charge in [-0.25, -0.2) is 0 Å². The fraction of sp³-hybridized carbons (Fsp3) is 0.429. The third-order valence-corrected chi connectivity index (χ3v) is 5.83. The van der Waals surface area contributed by atoms with Crippen LogP contribution in [0.4, 0.5) is 5.69 Å². The summed E-state index contributed by atoms with van der Waals surface area (Å²) in [5, 5.41) is 0.683. The molecular weight excluding hydrogens is 383 g/mol. The molecule has 0 radical (unpaired) electrons. The highest BCUT2D eigenvalue weighted by molar-refractivity contribution is 6.31. The van der Waals surface area contributed by atoms with Crippen molar-refractivity contribution in [2.24, 2.45) is 0 Å². The van der Waals surface area contributed by atoms with Crippen LogP contribution in [0.25, 0.3) is 0 Å². The lowest BCUT2D eigenvalue weighted by atomic mass is 10.00. The first-order valence-corrected chi connectivity index (χ1v) is 10.3. The molecule has 1 atom stereocenters. The van der Waals surface area contributed by atoms with Gasteiger partial charge in [-0.15, -0.1) is 11.6 Å². The SMILES string of the molecule is ClCC(CN1CCN(c2cc(Cl)cc3c2OCCO3)CC1)c1ccccc1. The molecule has 0 aromatic heterocycles. The van der Waals surface area contributed by atoms with Gasteiger partial charge in [-0.2, -0.15) is 0 Å². The monoisotopic (exact) mass is 406 g/mol. The van der Waals surface area contributed by atoms with E-state index < -0.39 is 0 Å². The predicted molar refractivity (Wildman–Crippen MR) is 111 cm³/mol. The van der Waals surface area contributed by atoms with E-state index in [1.165, 1.54) is 5.56 Å². The number of alkyl halides is 1. The Bertz CT molecular complexity index is 764. The molecule has 2 aliphatic heterocycles. The van der Waals surface area contributed by atoms with Crippen molar-refractivity contribution in [1.82, 2.24) is 4.90 Å². The van der Waals surface area contributed by atoms with Crippen LogP contribution in [0.5, 0.6) is 11.5 Å². The third-order valence-electron chi connectivity index (χ3n) is 5.24. The normalized spacial score (nSPS) is 18.4. The molecule has 4 rings (SSSR count). The van der Waals surface area contributed by atoms with Crippen molar-refractivity contribution >= 4 is 28.9 Å². The van der Waals surface area contributed by atoms with Gasteiger partial charge >= 0.3 is 0 Å². The van der Waals surface area contributed by atoms with Crippen molar-refractivity contribution in [3.63, 3.8) is 0 Å². The molecule has 2 aromatic rings. The number of ether oxygens (including phenoxy) is 2. The molecule has 6 heteroatoms. The Morgan fingerprint density at radius 2 is 1.70 bits per heavy atom. The summed E-state index contributed by atoms with van der Waals surface area (Å²) >= 11 is 12.6. The standard InChI is InChI=1S/C21H24Cl2N2O2/c22-14-17(16-4-2-1-3-5-16)15-24-6-8-25(9-7-24)19-12-18(23)13-20-21(19)27-11-10-26-20/h1-5,12-13,17H,6-11,14-15H2. The molecule has 0 aliphatic carbocycles. The number of fused-ring (bicyclic) bond motifs is 1. The van der Waals surface area contributed by atoms with Crippen LogP contribution in [0, 0.1) is 0 Å². The maximum Gasteiger partial charge on any atom is 0.184 e. The van der Waals surface area contributed by atoms with Crippen molar-refractivity contribution in [3.8, 4) is 11.5 Å². The number of nitrogens with zero attached hydrogens (tertiary/aromatic N) is 2. The second-order valence-electron chi connectivity index (χ2n) is 7.00. The first-order valence-electron chi connectivity index (χ1n) is 9.42. The number of hydrogen-bond acceptors (Lipinski definition) is 4. The Kier molecular flexibility index (Phi) is 5.96. The number of anilines is 1. The smallest absolute Gasteiger partial charge is 0.184 e. The van der Waals surface area contributed by atoms with Crippen molar-refractivity contribution < 1.29 is 9.47 Å². The van der Waals surface area contributed by atoms with Crippen molar-refractivity contribution in [1.29, 1.82) is 0 Å². The molecule has 2 aliphatic rings. The summed E-state index contributed by atoms with van der Waals surface area (Å²) < 4.78 is 11.6. The molecule has 2 heterocycles. The molecule has 0 saturated carbocycles. The maximum atomic E-state index is 6.30. The Morgan fingerprint density at radius 1 is 0.963 bits per heavy atom. The van der Waals surface area contributed by atoms with Crippen LogP contribution in [0.1, 0.15) is 11.5 Å². The second-order valence-corrected chi connectivity index (χ2v) is 7.74. The lowest BCUT2D eigenvalue weighted by Crippen LogP contribution is -2.47. The van der Waals surface area contributed by atoms with E-state index >= 15 is 0 Å². The molecule has 0 N–H and O–H groups in total. The molecule has 1 fully saturated rings. The van der Waals surface area contributed by atoms with Gasteiger partial charge in [0.15, 0.2) is 11.5 Å². The molecule has 0 bridgehead atoms. The zero-order chi connectivity index (χ0) is 18.6. The first-order chi connectivity index (χ1) is 13.2. The molecule has 1 unspecified atom stereocenters. The minimum Gasteiger partial charge on any atom is -0.486 e. The topological polar surface area (TPSA) is 24.9 Å². The Hall–Kier alpha value is -1.62. The summed E-state index contributed by atoms with van der Waals surface area (Å²) in [4.78, 5) is 4.83. The predicted octanol–water partition coefficient (Wildman–Crippen LogP) is 4.26. The van der Waals surface area contributed by atoms with Gasteiger partial charge in [0.2, 0.25) is 0 Å². The van der Waals surface area contributed by atoms with E-state index in [9.17, 15) is 0 Å².